The van der Waals surface area contributed by atoms with E-state index in [2.05, 4.69) is 4.98 Å². The van der Waals surface area contributed by atoms with Crippen molar-refractivity contribution in [3.05, 3.63) is 22.5 Å². The summed E-state index contributed by atoms with van der Waals surface area (Å²) in [4.78, 5) is 40.7. The van der Waals surface area contributed by atoms with Crippen LogP contribution in [0.4, 0.5) is 0 Å². The summed E-state index contributed by atoms with van der Waals surface area (Å²) >= 11 is 0. The largest absolute Gasteiger partial charge is 0.464 e. The minimum atomic E-state index is -0.573. The van der Waals surface area contributed by atoms with Gasteiger partial charge in [-0.25, -0.2) is 4.79 Å². The summed E-state index contributed by atoms with van der Waals surface area (Å²) in [6, 6.07) is -0.573. The van der Waals surface area contributed by atoms with Gasteiger partial charge in [-0.1, -0.05) is 6.92 Å². The quantitative estimate of drug-likeness (QED) is 0.645. The molecule has 6 heteroatoms. The van der Waals surface area contributed by atoms with Crippen molar-refractivity contribution < 1.29 is 19.1 Å². The Bertz CT molecular complexity index is 589. The number of nitrogens with one attached hydrogen (secondary N) is 1. The van der Waals surface area contributed by atoms with Gasteiger partial charge in [-0.15, -0.1) is 0 Å². The Morgan fingerprint density at radius 2 is 1.86 bits per heavy atom. The highest BCUT2D eigenvalue weighted by molar-refractivity contribution is 6.06. The molecule has 1 aromatic heterocycles. The molecule has 1 rings (SSSR count). The number of hydrogen-bond donors (Lipinski definition) is 1. The highest BCUT2D eigenvalue weighted by atomic mass is 16.5. The number of esters is 1. The van der Waals surface area contributed by atoms with Gasteiger partial charge < -0.3 is 14.6 Å². The topological polar surface area (TPSA) is 79.5 Å². The Kier molecular flexibility index (Phi) is 5.91. The third kappa shape index (κ3) is 3.37. The number of aromatic nitrogens is 1. The van der Waals surface area contributed by atoms with E-state index in [1.807, 2.05) is 6.92 Å². The highest BCUT2D eigenvalue weighted by Crippen LogP contribution is 2.22. The van der Waals surface area contributed by atoms with Crippen LogP contribution >= 0.6 is 0 Å². The minimum absolute atomic E-state index is 0.137. The number of aryl methyl sites for hydroxylation is 1. The minimum Gasteiger partial charge on any atom is -0.464 e. The lowest BCUT2D eigenvalue weighted by molar-refractivity contribution is -0.130. The van der Waals surface area contributed by atoms with E-state index in [0.717, 1.165) is 6.42 Å². The van der Waals surface area contributed by atoms with Gasteiger partial charge in [0.25, 0.3) is 0 Å². The van der Waals surface area contributed by atoms with Crippen molar-refractivity contribution >= 4 is 17.7 Å². The first-order valence-corrected chi connectivity index (χ1v) is 7.35. The van der Waals surface area contributed by atoms with Gasteiger partial charge >= 0.3 is 5.97 Å². The van der Waals surface area contributed by atoms with E-state index in [1.165, 1.54) is 14.0 Å². The SMILES string of the molecule is CCCN(C(C)=O)C(C)C(=O)c1c(C)[nH]c(C(=O)OC)c1C. The summed E-state index contributed by atoms with van der Waals surface area (Å²) in [5.41, 5.74) is 1.90. The molecule has 1 aromatic rings. The van der Waals surface area contributed by atoms with Gasteiger partial charge in [-0.2, -0.15) is 0 Å². The standard InChI is InChI=1S/C16H24N2O4/c1-7-8-18(12(5)19)11(4)15(20)13-9(2)14(16(21)22-6)17-10(13)3/h11,17H,7-8H2,1-6H3. The molecule has 6 nitrogen and oxygen atoms in total. The molecule has 1 N–H and O–H groups in total. The molecule has 1 atom stereocenters. The Labute approximate surface area is 130 Å². The van der Waals surface area contributed by atoms with Crippen molar-refractivity contribution in [3.8, 4) is 0 Å². The van der Waals surface area contributed by atoms with Crippen LogP contribution in [0.1, 0.15) is 59.3 Å². The van der Waals surface area contributed by atoms with Crippen LogP contribution in [0.25, 0.3) is 0 Å². The molecule has 0 aliphatic heterocycles. The van der Waals surface area contributed by atoms with Crippen molar-refractivity contribution in [3.63, 3.8) is 0 Å². The number of methoxy groups -OCH3 is 1. The number of hydrogen-bond acceptors (Lipinski definition) is 4. The first-order chi connectivity index (χ1) is 10.3. The molecule has 1 amide bonds. The number of nitrogens with zero attached hydrogens (tertiary/aromatic N) is 1. The lowest BCUT2D eigenvalue weighted by Crippen LogP contribution is -2.42. The molecule has 0 fully saturated rings. The average Bonchev–Trinajstić information content (AvgIpc) is 2.77. The Hall–Kier alpha value is -2.11. The number of carbonyl (C=O) groups excluding carboxylic acids is 3. The van der Waals surface area contributed by atoms with Crippen LogP contribution in [0, 0.1) is 13.8 Å². The maximum absolute atomic E-state index is 12.8. The predicted octanol–water partition coefficient (Wildman–Crippen LogP) is 2.25. The second-order valence-corrected chi connectivity index (χ2v) is 5.37. The number of amides is 1. The second-order valence-electron chi connectivity index (χ2n) is 5.37. The smallest absolute Gasteiger partial charge is 0.354 e. The Balaban J connectivity index is 3.20. The maximum Gasteiger partial charge on any atom is 0.354 e. The predicted molar refractivity (Wildman–Crippen MR) is 83.1 cm³/mol. The van der Waals surface area contributed by atoms with Gasteiger partial charge in [-0.05, 0) is 32.8 Å². The molecule has 0 saturated carbocycles. The zero-order chi connectivity index (χ0) is 17.0. The lowest BCUT2D eigenvalue weighted by atomic mass is 9.99. The third-order valence-electron chi connectivity index (χ3n) is 3.79. The van der Waals surface area contributed by atoms with Crippen LogP contribution in [-0.2, 0) is 9.53 Å². The Morgan fingerprint density at radius 3 is 2.32 bits per heavy atom. The molecule has 0 aliphatic carbocycles. The van der Waals surface area contributed by atoms with Crippen LogP contribution in [0.5, 0.6) is 0 Å². The number of Topliss-reactive ketones (excluding diaryl/α,β-unsaturated/α-hetero) is 1. The van der Waals surface area contributed by atoms with Crippen molar-refractivity contribution in [2.75, 3.05) is 13.7 Å². The summed E-state index contributed by atoms with van der Waals surface area (Å²) in [5, 5.41) is 0. The highest BCUT2D eigenvalue weighted by Gasteiger charge is 2.29. The first kappa shape index (κ1) is 17.9. The van der Waals surface area contributed by atoms with Crippen LogP contribution in [0.2, 0.25) is 0 Å². The van der Waals surface area contributed by atoms with E-state index in [0.29, 0.717) is 23.4 Å². The monoisotopic (exact) mass is 308 g/mol. The summed E-state index contributed by atoms with van der Waals surface area (Å²) in [7, 11) is 1.29. The molecule has 122 valence electrons. The average molecular weight is 308 g/mol. The van der Waals surface area contributed by atoms with Gasteiger partial charge in [0.15, 0.2) is 5.78 Å². The molecule has 1 heterocycles. The van der Waals surface area contributed by atoms with E-state index in [-0.39, 0.29) is 17.4 Å². The zero-order valence-corrected chi connectivity index (χ0v) is 14.1. The fourth-order valence-electron chi connectivity index (χ4n) is 2.64. The van der Waals surface area contributed by atoms with Crippen molar-refractivity contribution in [1.29, 1.82) is 0 Å². The Morgan fingerprint density at radius 1 is 1.27 bits per heavy atom. The summed E-state index contributed by atoms with van der Waals surface area (Å²) in [6.07, 6.45) is 0.774. The number of H-pyrrole nitrogens is 1. The van der Waals surface area contributed by atoms with E-state index < -0.39 is 12.0 Å². The van der Waals surface area contributed by atoms with E-state index >= 15 is 0 Å². The number of ether oxygens (including phenoxy) is 1. The molecule has 1 unspecified atom stereocenters. The van der Waals surface area contributed by atoms with Crippen LogP contribution in [-0.4, -0.2) is 47.2 Å². The summed E-state index contributed by atoms with van der Waals surface area (Å²) < 4.78 is 4.70. The van der Waals surface area contributed by atoms with Crippen LogP contribution in [0.3, 0.4) is 0 Å². The molecule has 0 aliphatic rings. The molecular weight excluding hydrogens is 284 g/mol. The molecule has 22 heavy (non-hydrogen) atoms. The van der Waals surface area contributed by atoms with Gasteiger partial charge in [0.05, 0.1) is 13.2 Å². The molecule has 0 aromatic carbocycles. The van der Waals surface area contributed by atoms with E-state index in [4.69, 9.17) is 4.74 Å². The van der Waals surface area contributed by atoms with E-state index in [9.17, 15) is 14.4 Å². The van der Waals surface area contributed by atoms with Crippen molar-refractivity contribution in [1.82, 2.24) is 9.88 Å². The maximum atomic E-state index is 12.8. The molecular formula is C16H24N2O4. The first-order valence-electron chi connectivity index (χ1n) is 7.35. The number of ketones is 1. The second kappa shape index (κ2) is 7.24. The molecule has 0 saturated heterocycles. The summed E-state index contributed by atoms with van der Waals surface area (Å²) in [6.45, 7) is 9.08. The zero-order valence-electron chi connectivity index (χ0n) is 14.1. The van der Waals surface area contributed by atoms with Gasteiger partial charge in [0.2, 0.25) is 5.91 Å². The fraction of sp³-hybridized carbons (Fsp3) is 0.562. The van der Waals surface area contributed by atoms with Crippen molar-refractivity contribution in [2.24, 2.45) is 0 Å². The van der Waals surface area contributed by atoms with Crippen molar-refractivity contribution in [2.45, 2.75) is 47.1 Å². The number of rotatable bonds is 6. The lowest BCUT2D eigenvalue weighted by Gasteiger charge is -2.27. The van der Waals surface area contributed by atoms with Gasteiger partial charge in [0, 0.05) is 24.7 Å². The fourth-order valence-corrected chi connectivity index (χ4v) is 2.64. The number of aromatic amines is 1. The normalized spacial score (nSPS) is 11.9. The molecule has 0 bridgehead atoms. The van der Waals surface area contributed by atoms with Crippen LogP contribution in [0.15, 0.2) is 0 Å². The summed E-state index contributed by atoms with van der Waals surface area (Å²) in [5.74, 6) is -0.823. The van der Waals surface area contributed by atoms with Crippen LogP contribution < -0.4 is 0 Å². The molecule has 0 spiro atoms. The number of carbonyl (C=O) groups is 3. The van der Waals surface area contributed by atoms with Gasteiger partial charge in [0.1, 0.15) is 5.69 Å². The van der Waals surface area contributed by atoms with E-state index in [1.54, 1.807) is 25.7 Å². The van der Waals surface area contributed by atoms with Gasteiger partial charge in [-0.3, -0.25) is 9.59 Å². The third-order valence-corrected chi connectivity index (χ3v) is 3.79. The molecule has 0 radical (unpaired) electrons.